The number of aliphatic hydroxyl groups is 1. The highest BCUT2D eigenvalue weighted by Gasteiger charge is 2.18. The van der Waals surface area contributed by atoms with Crippen LogP contribution in [-0.4, -0.2) is 17.7 Å². The molecule has 0 aliphatic rings. The largest absolute Gasteiger partial charge is 0.386 e. The first kappa shape index (κ1) is 16.8. The van der Waals surface area contributed by atoms with Gasteiger partial charge in [-0.2, -0.15) is 0 Å². The summed E-state index contributed by atoms with van der Waals surface area (Å²) in [6.45, 7) is 1.27. The fourth-order valence-electron chi connectivity index (χ4n) is 2.02. The number of aliphatic hydroxyl groups excluding tert-OH is 1. The molecule has 122 valence electrons. The van der Waals surface area contributed by atoms with E-state index in [1.807, 2.05) is 0 Å². The SMILES string of the molecule is Cc1ccc(F)cc1NC(=O)NCC(O)c1c(F)cccc1F. The van der Waals surface area contributed by atoms with Crippen LogP contribution in [0.25, 0.3) is 0 Å². The number of carbonyl (C=O) groups is 1. The van der Waals surface area contributed by atoms with Crippen molar-refractivity contribution in [2.45, 2.75) is 13.0 Å². The van der Waals surface area contributed by atoms with Gasteiger partial charge in [0.1, 0.15) is 23.6 Å². The van der Waals surface area contributed by atoms with Crippen molar-refractivity contribution in [1.82, 2.24) is 5.32 Å². The third-order valence-corrected chi connectivity index (χ3v) is 3.24. The summed E-state index contributed by atoms with van der Waals surface area (Å²) in [7, 11) is 0. The fraction of sp³-hybridized carbons (Fsp3) is 0.188. The van der Waals surface area contributed by atoms with Crippen molar-refractivity contribution in [2.24, 2.45) is 0 Å². The van der Waals surface area contributed by atoms with Crippen LogP contribution < -0.4 is 10.6 Å². The van der Waals surface area contributed by atoms with Crippen LogP contribution in [0.2, 0.25) is 0 Å². The lowest BCUT2D eigenvalue weighted by molar-refractivity contribution is 0.166. The topological polar surface area (TPSA) is 61.4 Å². The number of carbonyl (C=O) groups excluding carboxylic acids is 1. The van der Waals surface area contributed by atoms with Gasteiger partial charge < -0.3 is 15.7 Å². The minimum atomic E-state index is -1.55. The Balaban J connectivity index is 1.98. The fourth-order valence-corrected chi connectivity index (χ4v) is 2.02. The van der Waals surface area contributed by atoms with E-state index in [4.69, 9.17) is 0 Å². The van der Waals surface area contributed by atoms with Crippen LogP contribution in [0.1, 0.15) is 17.2 Å². The Morgan fingerprint density at radius 2 is 1.83 bits per heavy atom. The number of rotatable bonds is 4. The molecule has 0 radical (unpaired) electrons. The number of aryl methyl sites for hydroxylation is 1. The molecular weight excluding hydrogens is 309 g/mol. The predicted molar refractivity (Wildman–Crippen MR) is 79.5 cm³/mol. The number of benzene rings is 2. The molecule has 0 aromatic heterocycles. The summed E-state index contributed by atoms with van der Waals surface area (Å²) in [5, 5.41) is 14.5. The maximum Gasteiger partial charge on any atom is 0.319 e. The molecule has 0 aliphatic heterocycles. The first-order chi connectivity index (χ1) is 10.9. The lowest BCUT2D eigenvalue weighted by atomic mass is 10.1. The van der Waals surface area contributed by atoms with Gasteiger partial charge in [0.15, 0.2) is 0 Å². The van der Waals surface area contributed by atoms with Gasteiger partial charge >= 0.3 is 6.03 Å². The van der Waals surface area contributed by atoms with Crippen LogP contribution in [0.5, 0.6) is 0 Å². The molecule has 23 heavy (non-hydrogen) atoms. The first-order valence-electron chi connectivity index (χ1n) is 6.81. The van der Waals surface area contributed by atoms with Crippen LogP contribution in [0.15, 0.2) is 36.4 Å². The molecule has 0 spiro atoms. The molecule has 0 heterocycles. The van der Waals surface area contributed by atoms with Crippen molar-refractivity contribution >= 4 is 11.7 Å². The summed E-state index contributed by atoms with van der Waals surface area (Å²) in [5.41, 5.74) is 0.381. The van der Waals surface area contributed by atoms with E-state index in [0.717, 1.165) is 18.2 Å². The zero-order chi connectivity index (χ0) is 17.0. The van der Waals surface area contributed by atoms with Crippen LogP contribution in [-0.2, 0) is 0 Å². The summed E-state index contributed by atoms with van der Waals surface area (Å²) in [4.78, 5) is 11.7. The van der Waals surface area contributed by atoms with Crippen molar-refractivity contribution in [2.75, 3.05) is 11.9 Å². The van der Waals surface area contributed by atoms with E-state index in [2.05, 4.69) is 10.6 Å². The molecule has 0 aliphatic carbocycles. The van der Waals surface area contributed by atoms with E-state index in [1.165, 1.54) is 18.2 Å². The summed E-state index contributed by atoms with van der Waals surface area (Å²) in [5.74, 6) is -2.32. The van der Waals surface area contributed by atoms with Gasteiger partial charge in [0, 0.05) is 12.2 Å². The third-order valence-electron chi connectivity index (χ3n) is 3.24. The maximum absolute atomic E-state index is 13.5. The number of halogens is 3. The molecule has 0 saturated carbocycles. The van der Waals surface area contributed by atoms with Gasteiger partial charge in [0.05, 0.1) is 5.56 Å². The van der Waals surface area contributed by atoms with E-state index in [1.54, 1.807) is 6.92 Å². The quantitative estimate of drug-likeness (QED) is 0.808. The normalized spacial score (nSPS) is 11.9. The van der Waals surface area contributed by atoms with E-state index in [9.17, 15) is 23.1 Å². The first-order valence-corrected chi connectivity index (χ1v) is 6.81. The maximum atomic E-state index is 13.5. The van der Waals surface area contributed by atoms with Crippen molar-refractivity contribution < 1.29 is 23.1 Å². The molecular formula is C16H15F3N2O2. The second-order valence-electron chi connectivity index (χ2n) is 4.95. The van der Waals surface area contributed by atoms with Crippen LogP contribution in [0, 0.1) is 24.4 Å². The van der Waals surface area contributed by atoms with E-state index < -0.39 is 41.7 Å². The van der Waals surface area contributed by atoms with Gasteiger partial charge in [-0.3, -0.25) is 0 Å². The molecule has 0 fully saturated rings. The summed E-state index contributed by atoms with van der Waals surface area (Å²) in [6, 6.07) is 6.36. The highest BCUT2D eigenvalue weighted by Crippen LogP contribution is 2.20. The van der Waals surface area contributed by atoms with Crippen LogP contribution in [0.4, 0.5) is 23.7 Å². The number of urea groups is 1. The summed E-state index contributed by atoms with van der Waals surface area (Å²) >= 11 is 0. The van der Waals surface area contributed by atoms with Crippen molar-refractivity contribution in [1.29, 1.82) is 0 Å². The van der Waals surface area contributed by atoms with Gasteiger partial charge in [-0.25, -0.2) is 18.0 Å². The minimum Gasteiger partial charge on any atom is -0.386 e. The highest BCUT2D eigenvalue weighted by atomic mass is 19.1. The highest BCUT2D eigenvalue weighted by molar-refractivity contribution is 5.90. The van der Waals surface area contributed by atoms with Gasteiger partial charge in [0.25, 0.3) is 0 Å². The van der Waals surface area contributed by atoms with E-state index in [-0.39, 0.29) is 5.69 Å². The Kier molecular flexibility index (Phi) is 5.23. The molecule has 2 rings (SSSR count). The molecule has 1 unspecified atom stereocenters. The Morgan fingerprint density at radius 1 is 1.17 bits per heavy atom. The molecule has 1 atom stereocenters. The lowest BCUT2D eigenvalue weighted by Gasteiger charge is -2.15. The molecule has 0 bridgehead atoms. The Bertz CT molecular complexity index is 702. The average molecular weight is 324 g/mol. The van der Waals surface area contributed by atoms with Gasteiger partial charge in [-0.15, -0.1) is 0 Å². The zero-order valence-electron chi connectivity index (χ0n) is 12.2. The van der Waals surface area contributed by atoms with E-state index in [0.29, 0.717) is 5.56 Å². The van der Waals surface area contributed by atoms with E-state index >= 15 is 0 Å². The van der Waals surface area contributed by atoms with Crippen molar-refractivity contribution in [3.05, 3.63) is 65.0 Å². The van der Waals surface area contributed by atoms with Gasteiger partial charge in [-0.05, 0) is 36.8 Å². The number of anilines is 1. The molecule has 4 nitrogen and oxygen atoms in total. The molecule has 2 amide bonds. The Hall–Kier alpha value is -2.54. The van der Waals surface area contributed by atoms with Gasteiger partial charge in [0.2, 0.25) is 0 Å². The average Bonchev–Trinajstić information content (AvgIpc) is 2.49. The lowest BCUT2D eigenvalue weighted by Crippen LogP contribution is -2.33. The third kappa shape index (κ3) is 4.23. The molecule has 0 saturated heterocycles. The van der Waals surface area contributed by atoms with Crippen molar-refractivity contribution in [3.8, 4) is 0 Å². The smallest absolute Gasteiger partial charge is 0.319 e. The molecule has 3 N–H and O–H groups in total. The summed E-state index contributed by atoms with van der Waals surface area (Å²) in [6.07, 6.45) is -1.55. The number of hydrogen-bond acceptors (Lipinski definition) is 2. The molecule has 2 aromatic carbocycles. The monoisotopic (exact) mass is 324 g/mol. The molecule has 7 heteroatoms. The zero-order valence-corrected chi connectivity index (χ0v) is 12.2. The number of nitrogens with one attached hydrogen (secondary N) is 2. The van der Waals surface area contributed by atoms with Gasteiger partial charge in [-0.1, -0.05) is 12.1 Å². The van der Waals surface area contributed by atoms with Crippen LogP contribution in [0.3, 0.4) is 0 Å². The standard InChI is InChI=1S/C16H15F3N2O2/c1-9-5-6-10(17)7-13(9)21-16(23)20-8-14(22)15-11(18)3-2-4-12(15)19/h2-7,14,22H,8H2,1H3,(H2,20,21,23). The Morgan fingerprint density at radius 3 is 2.48 bits per heavy atom. The van der Waals surface area contributed by atoms with Crippen molar-refractivity contribution in [3.63, 3.8) is 0 Å². The second-order valence-corrected chi connectivity index (χ2v) is 4.95. The number of amides is 2. The summed E-state index contributed by atoms with van der Waals surface area (Å²) < 4.78 is 40.1. The molecule has 2 aromatic rings. The van der Waals surface area contributed by atoms with Crippen LogP contribution >= 0.6 is 0 Å². The Labute approximate surface area is 131 Å². The number of hydrogen-bond donors (Lipinski definition) is 3. The minimum absolute atomic E-state index is 0.258. The second kappa shape index (κ2) is 7.15. The predicted octanol–water partition coefficient (Wildman–Crippen LogP) is 3.27.